The molecule has 0 spiro atoms. The Morgan fingerprint density at radius 1 is 1.48 bits per heavy atom. The zero-order chi connectivity index (χ0) is 16.0. The van der Waals surface area contributed by atoms with Crippen LogP contribution in [0.25, 0.3) is 0 Å². The number of aromatic nitrogens is 2. The molecule has 21 heavy (non-hydrogen) atoms. The average molecular weight is 381 g/mol. The van der Waals surface area contributed by atoms with Crippen molar-refractivity contribution in [3.63, 3.8) is 0 Å². The van der Waals surface area contributed by atoms with Gasteiger partial charge in [-0.3, -0.25) is 4.68 Å². The van der Waals surface area contributed by atoms with Gasteiger partial charge in [0.15, 0.2) is 0 Å². The van der Waals surface area contributed by atoms with Crippen molar-refractivity contribution in [2.24, 2.45) is 0 Å². The summed E-state index contributed by atoms with van der Waals surface area (Å²) in [6.45, 7) is 4.40. The Morgan fingerprint density at radius 2 is 2.14 bits per heavy atom. The SMILES string of the molecule is CCCNC(CS(C)(=O)=O)c1c(Br)cnn1CCN(C)C. The number of hydrogen-bond acceptors (Lipinski definition) is 5. The second kappa shape index (κ2) is 8.26. The van der Waals surface area contributed by atoms with Crippen LogP contribution in [0.4, 0.5) is 0 Å². The third-order valence-corrected chi connectivity index (χ3v) is 4.58. The summed E-state index contributed by atoms with van der Waals surface area (Å²) in [6, 6.07) is -0.251. The van der Waals surface area contributed by atoms with Crippen LogP contribution in [0.1, 0.15) is 25.1 Å². The van der Waals surface area contributed by atoms with E-state index in [1.807, 2.05) is 18.8 Å². The van der Waals surface area contributed by atoms with Crippen molar-refractivity contribution in [3.8, 4) is 0 Å². The molecule has 6 nitrogen and oxygen atoms in total. The number of sulfone groups is 1. The summed E-state index contributed by atoms with van der Waals surface area (Å²) >= 11 is 3.49. The van der Waals surface area contributed by atoms with Crippen molar-refractivity contribution < 1.29 is 8.42 Å². The van der Waals surface area contributed by atoms with E-state index < -0.39 is 9.84 Å². The van der Waals surface area contributed by atoms with E-state index in [0.29, 0.717) is 0 Å². The van der Waals surface area contributed by atoms with Crippen LogP contribution in [-0.4, -0.2) is 62.3 Å². The molecule has 1 aromatic heterocycles. The smallest absolute Gasteiger partial charge is 0.149 e. The molecule has 0 aromatic carbocycles. The van der Waals surface area contributed by atoms with Gasteiger partial charge in [0, 0.05) is 12.8 Å². The highest BCUT2D eigenvalue weighted by Crippen LogP contribution is 2.24. The van der Waals surface area contributed by atoms with E-state index in [1.54, 1.807) is 6.20 Å². The number of halogens is 1. The Bertz CT molecular complexity index is 542. The summed E-state index contributed by atoms with van der Waals surface area (Å²) in [4.78, 5) is 2.07. The second-order valence-electron chi connectivity index (χ2n) is 5.50. The van der Waals surface area contributed by atoms with Crippen LogP contribution >= 0.6 is 15.9 Å². The molecule has 0 aliphatic carbocycles. The van der Waals surface area contributed by atoms with Crippen molar-refractivity contribution in [1.29, 1.82) is 0 Å². The van der Waals surface area contributed by atoms with Crippen molar-refractivity contribution in [2.75, 3.05) is 39.2 Å². The fourth-order valence-corrected chi connectivity index (χ4v) is 3.50. The summed E-state index contributed by atoms with van der Waals surface area (Å²) in [7, 11) is 0.924. The third kappa shape index (κ3) is 6.46. The molecular formula is C13H25BrN4O2S. The van der Waals surface area contributed by atoms with E-state index >= 15 is 0 Å². The van der Waals surface area contributed by atoms with Gasteiger partial charge in [0.1, 0.15) is 9.84 Å². The normalized spacial score (nSPS) is 13.8. The molecule has 0 amide bonds. The van der Waals surface area contributed by atoms with Gasteiger partial charge in [-0.05, 0) is 43.0 Å². The minimum Gasteiger partial charge on any atom is -0.308 e. The first-order valence-electron chi connectivity index (χ1n) is 7.01. The maximum absolute atomic E-state index is 11.7. The molecule has 1 atom stereocenters. The topological polar surface area (TPSA) is 67.2 Å². The molecule has 1 aromatic rings. The molecule has 0 bridgehead atoms. The Morgan fingerprint density at radius 3 is 2.67 bits per heavy atom. The molecule has 0 aliphatic rings. The molecule has 8 heteroatoms. The zero-order valence-electron chi connectivity index (χ0n) is 13.1. The van der Waals surface area contributed by atoms with Gasteiger partial charge >= 0.3 is 0 Å². The summed E-state index contributed by atoms with van der Waals surface area (Å²) < 4.78 is 26.1. The monoisotopic (exact) mass is 380 g/mol. The van der Waals surface area contributed by atoms with Gasteiger partial charge in [-0.25, -0.2) is 8.42 Å². The number of nitrogens with one attached hydrogen (secondary N) is 1. The van der Waals surface area contributed by atoms with Crippen LogP contribution in [0.15, 0.2) is 10.7 Å². The fourth-order valence-electron chi connectivity index (χ4n) is 2.05. The third-order valence-electron chi connectivity index (χ3n) is 3.03. The maximum atomic E-state index is 11.7. The highest BCUT2D eigenvalue weighted by atomic mass is 79.9. The van der Waals surface area contributed by atoms with Crippen molar-refractivity contribution in [3.05, 3.63) is 16.4 Å². The largest absolute Gasteiger partial charge is 0.308 e. The highest BCUT2D eigenvalue weighted by molar-refractivity contribution is 9.10. The van der Waals surface area contributed by atoms with Crippen LogP contribution in [0.3, 0.4) is 0 Å². The van der Waals surface area contributed by atoms with Crippen LogP contribution in [0, 0.1) is 0 Å². The van der Waals surface area contributed by atoms with E-state index in [0.717, 1.165) is 36.2 Å². The zero-order valence-corrected chi connectivity index (χ0v) is 15.5. The van der Waals surface area contributed by atoms with Crippen LogP contribution in [0.5, 0.6) is 0 Å². The molecule has 0 radical (unpaired) electrons. The maximum Gasteiger partial charge on any atom is 0.149 e. The lowest BCUT2D eigenvalue weighted by atomic mass is 10.2. The quantitative estimate of drug-likeness (QED) is 0.698. The lowest BCUT2D eigenvalue weighted by molar-refractivity contribution is 0.363. The molecule has 0 fully saturated rings. The predicted molar refractivity (Wildman–Crippen MR) is 89.2 cm³/mol. The molecule has 1 rings (SSSR count). The van der Waals surface area contributed by atoms with Gasteiger partial charge in [-0.1, -0.05) is 6.92 Å². The Balaban J connectivity index is 3.02. The van der Waals surface area contributed by atoms with Crippen LogP contribution in [0.2, 0.25) is 0 Å². The van der Waals surface area contributed by atoms with Gasteiger partial charge in [0.25, 0.3) is 0 Å². The standard InChI is InChI=1S/C13H25BrN4O2S/c1-5-6-15-12(10-21(4,19)20)13-11(14)9-16-18(13)8-7-17(2)3/h9,12,15H,5-8,10H2,1-4H3. The van der Waals surface area contributed by atoms with Gasteiger partial charge < -0.3 is 10.2 Å². The Kier molecular flexibility index (Phi) is 7.32. The van der Waals surface area contributed by atoms with Gasteiger partial charge in [0.05, 0.1) is 34.7 Å². The molecule has 122 valence electrons. The van der Waals surface area contributed by atoms with Crippen molar-refractivity contribution in [1.82, 2.24) is 20.0 Å². The van der Waals surface area contributed by atoms with E-state index in [1.165, 1.54) is 6.26 Å². The molecule has 0 saturated heterocycles. The first-order valence-corrected chi connectivity index (χ1v) is 9.87. The number of likely N-dealkylation sites (N-methyl/N-ethyl adjacent to an activating group) is 1. The molecule has 1 N–H and O–H groups in total. The Labute approximate surface area is 135 Å². The Hall–Kier alpha value is -0.440. The predicted octanol–water partition coefficient (Wildman–Crippen LogP) is 1.29. The van der Waals surface area contributed by atoms with E-state index in [-0.39, 0.29) is 11.8 Å². The highest BCUT2D eigenvalue weighted by Gasteiger charge is 2.23. The summed E-state index contributed by atoms with van der Waals surface area (Å²) in [5.74, 6) is 0.0687. The fraction of sp³-hybridized carbons (Fsp3) is 0.769. The molecule has 0 saturated carbocycles. The van der Waals surface area contributed by atoms with E-state index in [2.05, 4.69) is 38.2 Å². The average Bonchev–Trinajstić information content (AvgIpc) is 2.72. The number of hydrogen-bond donors (Lipinski definition) is 1. The van der Waals surface area contributed by atoms with Crippen LogP contribution < -0.4 is 5.32 Å². The first kappa shape index (κ1) is 18.6. The van der Waals surface area contributed by atoms with Gasteiger partial charge in [-0.15, -0.1) is 0 Å². The number of nitrogens with zero attached hydrogens (tertiary/aromatic N) is 3. The lowest BCUT2D eigenvalue weighted by Gasteiger charge is -2.21. The molecule has 1 heterocycles. The van der Waals surface area contributed by atoms with E-state index in [9.17, 15) is 8.42 Å². The van der Waals surface area contributed by atoms with Crippen LogP contribution in [-0.2, 0) is 16.4 Å². The first-order chi connectivity index (χ1) is 9.74. The van der Waals surface area contributed by atoms with Gasteiger partial charge in [-0.2, -0.15) is 5.10 Å². The minimum absolute atomic E-state index is 0.0687. The summed E-state index contributed by atoms with van der Waals surface area (Å²) in [6.07, 6.45) is 3.94. The molecular weight excluding hydrogens is 356 g/mol. The lowest BCUT2D eigenvalue weighted by Crippen LogP contribution is -2.31. The van der Waals surface area contributed by atoms with Crippen molar-refractivity contribution in [2.45, 2.75) is 25.9 Å². The molecule has 1 unspecified atom stereocenters. The second-order valence-corrected chi connectivity index (χ2v) is 8.54. The van der Waals surface area contributed by atoms with Crippen molar-refractivity contribution >= 4 is 25.8 Å². The minimum atomic E-state index is -3.08. The number of rotatable bonds is 9. The van der Waals surface area contributed by atoms with Gasteiger partial charge in [0.2, 0.25) is 0 Å². The van der Waals surface area contributed by atoms with E-state index in [4.69, 9.17) is 0 Å². The summed E-state index contributed by atoms with van der Waals surface area (Å²) in [5.41, 5.74) is 0.899. The molecule has 0 aliphatic heterocycles. The summed E-state index contributed by atoms with van der Waals surface area (Å²) in [5, 5.41) is 7.67.